The Morgan fingerprint density at radius 2 is 1.49 bits per heavy atom. The number of allylic oxidation sites excluding steroid dienone is 5. The zero-order valence-corrected chi connectivity index (χ0v) is 24.3. The third-order valence-corrected chi connectivity index (χ3v) is 8.79. The normalized spacial score (nSPS) is 15.9. The first-order chi connectivity index (χ1) is 20.0. The molecule has 3 aliphatic rings. The van der Waals surface area contributed by atoms with E-state index in [0.29, 0.717) is 6.54 Å². The molecule has 0 atom stereocenters. The first-order valence-electron chi connectivity index (χ1n) is 14.6. The zero-order chi connectivity index (χ0) is 28.6. The summed E-state index contributed by atoms with van der Waals surface area (Å²) >= 11 is 0. The van der Waals surface area contributed by atoms with Crippen LogP contribution in [-0.4, -0.2) is 13.6 Å². The van der Waals surface area contributed by atoms with E-state index < -0.39 is 0 Å². The van der Waals surface area contributed by atoms with E-state index in [1.54, 1.807) is 0 Å². The lowest BCUT2D eigenvalue weighted by molar-refractivity contribution is 0.660. The van der Waals surface area contributed by atoms with Gasteiger partial charge < -0.3 is 10.6 Å². The van der Waals surface area contributed by atoms with E-state index in [0.717, 1.165) is 18.4 Å². The van der Waals surface area contributed by atoms with E-state index in [2.05, 4.69) is 136 Å². The largest absolute Gasteiger partial charge is 0.344 e. The van der Waals surface area contributed by atoms with Crippen molar-refractivity contribution in [1.29, 1.82) is 0 Å². The van der Waals surface area contributed by atoms with Crippen LogP contribution in [0.3, 0.4) is 0 Å². The summed E-state index contributed by atoms with van der Waals surface area (Å²) in [5.74, 6) is 0. The number of rotatable bonds is 3. The molecule has 41 heavy (non-hydrogen) atoms. The molecule has 1 heterocycles. The molecule has 0 unspecified atom stereocenters. The minimum atomic E-state index is 0.0386. The minimum absolute atomic E-state index is 0.0386. The van der Waals surface area contributed by atoms with Crippen molar-refractivity contribution >= 4 is 16.8 Å². The smallest absolute Gasteiger partial charge is 0.0488 e. The van der Waals surface area contributed by atoms with Crippen LogP contribution in [0, 0.1) is 0 Å². The van der Waals surface area contributed by atoms with Gasteiger partial charge in [0, 0.05) is 36.0 Å². The maximum absolute atomic E-state index is 5.65. The predicted octanol–water partition coefficient (Wildman–Crippen LogP) is 9.39. The van der Waals surface area contributed by atoms with E-state index in [1.165, 1.54) is 61.5 Å². The number of para-hydroxylation sites is 1. The van der Waals surface area contributed by atoms with Gasteiger partial charge in [0.05, 0.1) is 0 Å². The highest BCUT2D eigenvalue weighted by molar-refractivity contribution is 5.94. The van der Waals surface area contributed by atoms with Crippen LogP contribution in [0.1, 0.15) is 48.9 Å². The molecular weight excluding hydrogens is 496 g/mol. The van der Waals surface area contributed by atoms with Gasteiger partial charge in [0.1, 0.15) is 0 Å². The Morgan fingerprint density at radius 3 is 2.24 bits per heavy atom. The maximum Gasteiger partial charge on any atom is 0.0488 e. The van der Waals surface area contributed by atoms with E-state index in [1.807, 2.05) is 12.2 Å². The molecule has 0 spiro atoms. The van der Waals surface area contributed by atoms with Crippen LogP contribution in [-0.2, 0) is 5.41 Å². The van der Waals surface area contributed by atoms with Gasteiger partial charge in [-0.25, -0.2) is 0 Å². The molecule has 7 rings (SSSR count). The Kier molecular flexibility index (Phi) is 7.11. The Labute approximate surface area is 244 Å². The van der Waals surface area contributed by atoms with Gasteiger partial charge >= 0.3 is 0 Å². The van der Waals surface area contributed by atoms with Gasteiger partial charge in [0.15, 0.2) is 0 Å². The van der Waals surface area contributed by atoms with Gasteiger partial charge in [0.25, 0.3) is 0 Å². The summed E-state index contributed by atoms with van der Waals surface area (Å²) in [7, 11) is 2.18. The van der Waals surface area contributed by atoms with Gasteiger partial charge in [0.2, 0.25) is 0 Å². The van der Waals surface area contributed by atoms with Gasteiger partial charge in [-0.3, -0.25) is 0 Å². The summed E-state index contributed by atoms with van der Waals surface area (Å²) in [4.78, 5) is 2.33. The SMILES string of the molecule is C=C/C(=C\CN)c1ccc2c(c1)C(C)(C)c1ccccc1-2.CN1C2=C(CCC=C2)c2ccccc2-c2ccccc21. The summed E-state index contributed by atoms with van der Waals surface area (Å²) in [6, 6.07) is 32.9. The third kappa shape index (κ3) is 4.59. The molecule has 0 saturated carbocycles. The molecule has 0 saturated heterocycles. The van der Waals surface area contributed by atoms with E-state index >= 15 is 0 Å². The molecule has 2 N–H and O–H groups in total. The Balaban J connectivity index is 0.000000148. The topological polar surface area (TPSA) is 29.3 Å². The van der Waals surface area contributed by atoms with Gasteiger partial charge in [-0.05, 0) is 81.1 Å². The molecule has 2 aliphatic carbocycles. The predicted molar refractivity (Wildman–Crippen MR) is 177 cm³/mol. The molecule has 0 amide bonds. The fourth-order valence-corrected chi connectivity index (χ4v) is 6.67. The first kappa shape index (κ1) is 26.8. The summed E-state index contributed by atoms with van der Waals surface area (Å²) in [6.07, 6.45) is 10.7. The van der Waals surface area contributed by atoms with Crippen molar-refractivity contribution in [1.82, 2.24) is 0 Å². The summed E-state index contributed by atoms with van der Waals surface area (Å²) in [5, 5.41) is 0. The van der Waals surface area contributed by atoms with Crippen LogP contribution in [0.25, 0.3) is 33.4 Å². The van der Waals surface area contributed by atoms with Crippen LogP contribution in [0.5, 0.6) is 0 Å². The number of nitrogens with zero attached hydrogens (tertiary/aromatic N) is 1. The number of anilines is 1. The standard InChI is InChI=1S/C20H21N.C19H17N/c1-4-14(11-12-21)15-9-10-17-16-7-5-6-8-18(16)20(2,3)19(17)13-15;1-20-18-12-6-4-10-16(18)14-8-2-3-9-15(14)17-11-5-7-13-19(17)20/h4-11,13H,1,12,21H2,2-3H3;2-4,6-10,12-13H,5,11H2,1H3/b14-11+;. The second-order valence-electron chi connectivity index (χ2n) is 11.5. The van der Waals surface area contributed by atoms with Crippen molar-refractivity contribution in [3.05, 3.63) is 150 Å². The van der Waals surface area contributed by atoms with Crippen molar-refractivity contribution < 1.29 is 0 Å². The van der Waals surface area contributed by atoms with E-state index in [4.69, 9.17) is 5.73 Å². The first-order valence-corrected chi connectivity index (χ1v) is 14.6. The number of likely N-dealkylation sites (N-methyl/N-ethyl adjacent to an activating group) is 1. The van der Waals surface area contributed by atoms with Crippen LogP contribution in [0.2, 0.25) is 0 Å². The Bertz CT molecular complexity index is 1730. The quantitative estimate of drug-likeness (QED) is 0.265. The molecule has 0 bridgehead atoms. The monoisotopic (exact) mass is 534 g/mol. The molecular formula is C39H38N2. The molecule has 4 aromatic carbocycles. The summed E-state index contributed by atoms with van der Waals surface area (Å²) in [6.45, 7) is 9.02. The molecule has 0 aromatic heterocycles. The third-order valence-electron chi connectivity index (χ3n) is 8.79. The van der Waals surface area contributed by atoms with Crippen molar-refractivity contribution in [2.45, 2.75) is 32.1 Å². The Morgan fingerprint density at radius 1 is 0.829 bits per heavy atom. The van der Waals surface area contributed by atoms with Crippen molar-refractivity contribution in [3.8, 4) is 22.3 Å². The van der Waals surface area contributed by atoms with Gasteiger partial charge in [-0.1, -0.05) is 118 Å². The lowest BCUT2D eigenvalue weighted by Crippen LogP contribution is -2.17. The van der Waals surface area contributed by atoms with Crippen LogP contribution in [0.15, 0.2) is 128 Å². The fourth-order valence-electron chi connectivity index (χ4n) is 6.67. The maximum atomic E-state index is 5.65. The molecule has 204 valence electrons. The van der Waals surface area contributed by atoms with E-state index in [-0.39, 0.29) is 5.41 Å². The van der Waals surface area contributed by atoms with E-state index in [9.17, 15) is 0 Å². The second-order valence-corrected chi connectivity index (χ2v) is 11.5. The number of hydrogen-bond donors (Lipinski definition) is 1. The number of benzene rings is 4. The molecule has 0 radical (unpaired) electrons. The second kappa shape index (κ2) is 10.9. The zero-order valence-electron chi connectivity index (χ0n) is 24.3. The van der Waals surface area contributed by atoms with Crippen LogP contribution in [0.4, 0.5) is 5.69 Å². The van der Waals surface area contributed by atoms with Crippen molar-refractivity contribution in [2.24, 2.45) is 5.73 Å². The molecule has 2 nitrogen and oxygen atoms in total. The van der Waals surface area contributed by atoms with Crippen molar-refractivity contribution in [2.75, 3.05) is 18.5 Å². The Hall–Kier alpha value is -4.40. The minimum Gasteiger partial charge on any atom is -0.344 e. The van der Waals surface area contributed by atoms with Crippen LogP contribution < -0.4 is 10.6 Å². The molecule has 1 aliphatic heterocycles. The molecule has 0 fully saturated rings. The average Bonchev–Trinajstić information content (AvgIpc) is 3.19. The highest BCUT2D eigenvalue weighted by atomic mass is 15.1. The highest BCUT2D eigenvalue weighted by Crippen LogP contribution is 2.49. The lowest BCUT2D eigenvalue weighted by Gasteiger charge is -2.25. The summed E-state index contributed by atoms with van der Waals surface area (Å²) in [5.41, 5.74) is 21.6. The lowest BCUT2D eigenvalue weighted by atomic mass is 9.81. The van der Waals surface area contributed by atoms with Crippen LogP contribution >= 0.6 is 0 Å². The number of hydrogen-bond acceptors (Lipinski definition) is 2. The number of nitrogens with two attached hydrogens (primary N) is 1. The molecule has 4 aromatic rings. The van der Waals surface area contributed by atoms with Gasteiger partial charge in [-0.2, -0.15) is 0 Å². The van der Waals surface area contributed by atoms with Gasteiger partial charge in [-0.15, -0.1) is 0 Å². The number of fused-ring (bicyclic) bond motifs is 7. The van der Waals surface area contributed by atoms with Crippen molar-refractivity contribution in [3.63, 3.8) is 0 Å². The average molecular weight is 535 g/mol. The fraction of sp³-hybridized carbons (Fsp3) is 0.179. The summed E-state index contributed by atoms with van der Waals surface area (Å²) < 4.78 is 0. The highest BCUT2D eigenvalue weighted by Gasteiger charge is 2.35. The molecule has 2 heteroatoms.